The summed E-state index contributed by atoms with van der Waals surface area (Å²) in [5, 5.41) is 15.2. The summed E-state index contributed by atoms with van der Waals surface area (Å²) in [5.41, 5.74) is -1.48. The van der Waals surface area contributed by atoms with Crippen molar-refractivity contribution >= 4 is 45.6 Å². The van der Waals surface area contributed by atoms with E-state index in [0.29, 0.717) is 25.0 Å². The first-order chi connectivity index (χ1) is 18.7. The summed E-state index contributed by atoms with van der Waals surface area (Å²) in [6.07, 6.45) is 4.35. The van der Waals surface area contributed by atoms with Crippen LogP contribution < -0.4 is 15.4 Å². The molecule has 4 amide bonds. The molecule has 0 radical (unpaired) electrons. The summed E-state index contributed by atoms with van der Waals surface area (Å²) in [5.74, 6) is -1.69. The molecule has 5 unspecified atom stereocenters. The molecule has 0 aromatic heterocycles. The molecule has 14 heteroatoms. The van der Waals surface area contributed by atoms with Gasteiger partial charge in [-0.2, -0.15) is 11.8 Å². The van der Waals surface area contributed by atoms with Crippen molar-refractivity contribution in [1.82, 2.24) is 20.3 Å². The number of aliphatic hydroxyl groups is 1. The highest BCUT2D eigenvalue weighted by atomic mass is 32.2. The molecule has 0 aromatic carbocycles. The van der Waals surface area contributed by atoms with E-state index in [9.17, 15) is 32.7 Å². The van der Waals surface area contributed by atoms with Gasteiger partial charge in [0.25, 0.3) is 5.91 Å². The maximum absolute atomic E-state index is 13.9. The predicted molar refractivity (Wildman–Crippen MR) is 148 cm³/mol. The molecule has 5 atom stereocenters. The normalized spacial score (nSPS) is 32.5. The summed E-state index contributed by atoms with van der Waals surface area (Å²) in [6.45, 7) is 8.52. The average Bonchev–Trinajstić information content (AvgIpc) is 3.76. The minimum absolute atomic E-state index is 0.0767. The standard InChI is InChI=1S/C26H38N4O8S2/c1-15(2)38-24(35)27-20-22(33)30-14-17(31)12-19(30)21(32)28-26(23(34)29-40(36,37)18-9-10-18)13-16(26)8-6-5-7-11-39-25(20,3)4/h6,8,16-20,31H,1,5,7,9-14H2,2-4H3,(H,27,35)(H,28,32)(H,29,34). The van der Waals surface area contributed by atoms with Crippen LogP contribution in [0.2, 0.25) is 0 Å². The highest BCUT2D eigenvalue weighted by molar-refractivity contribution is 8.00. The van der Waals surface area contributed by atoms with Gasteiger partial charge in [0.15, 0.2) is 0 Å². The molecule has 4 aliphatic rings. The van der Waals surface area contributed by atoms with E-state index in [2.05, 4.69) is 21.9 Å². The van der Waals surface area contributed by atoms with Crippen molar-refractivity contribution < 1.29 is 37.4 Å². The Labute approximate surface area is 238 Å². The summed E-state index contributed by atoms with van der Waals surface area (Å²) in [6, 6.07) is -2.25. The number of amides is 4. The quantitative estimate of drug-likeness (QED) is 0.265. The lowest BCUT2D eigenvalue weighted by atomic mass is 10.0. The third kappa shape index (κ3) is 6.65. The van der Waals surface area contributed by atoms with Crippen LogP contribution in [-0.4, -0.2) is 88.3 Å². The summed E-state index contributed by atoms with van der Waals surface area (Å²) < 4.78 is 31.4. The van der Waals surface area contributed by atoms with Crippen molar-refractivity contribution in [3.8, 4) is 0 Å². The Bertz CT molecular complexity index is 1210. The number of fused-ring (bicyclic) bond motifs is 2. The van der Waals surface area contributed by atoms with Gasteiger partial charge < -0.3 is 25.4 Å². The van der Waals surface area contributed by atoms with E-state index >= 15 is 0 Å². The molecular weight excluding hydrogens is 560 g/mol. The van der Waals surface area contributed by atoms with Crippen LogP contribution in [-0.2, 0) is 29.1 Å². The SMILES string of the molecule is C=C(C)OC(=O)NC1C(=O)N2CC(O)CC2C(=O)NC2(C(=O)NS(=O)(=O)C3CC3)CC2C=CCCCSC1(C)C. The van der Waals surface area contributed by atoms with Crippen LogP contribution in [0.25, 0.3) is 0 Å². The highest BCUT2D eigenvalue weighted by Gasteiger charge is 2.62. The van der Waals surface area contributed by atoms with E-state index in [1.54, 1.807) is 0 Å². The largest absolute Gasteiger partial charge is 0.416 e. The number of rotatable bonds is 5. The molecule has 2 aliphatic heterocycles. The van der Waals surface area contributed by atoms with Gasteiger partial charge in [0.1, 0.15) is 17.6 Å². The first-order valence-electron chi connectivity index (χ1n) is 13.5. The number of sulfonamides is 1. The number of ether oxygens (including phenoxy) is 1. The van der Waals surface area contributed by atoms with E-state index in [1.807, 2.05) is 26.0 Å². The van der Waals surface area contributed by atoms with E-state index in [4.69, 9.17) is 4.74 Å². The van der Waals surface area contributed by atoms with Gasteiger partial charge in [0.05, 0.1) is 17.1 Å². The lowest BCUT2D eigenvalue weighted by Crippen LogP contribution is -2.61. The molecule has 4 rings (SSSR count). The second kappa shape index (κ2) is 11.4. The highest BCUT2D eigenvalue weighted by Crippen LogP contribution is 2.46. The topological polar surface area (TPSA) is 171 Å². The minimum atomic E-state index is -3.85. The molecule has 40 heavy (non-hydrogen) atoms. The number of alkyl carbamates (subject to hydrolysis) is 1. The maximum Gasteiger partial charge on any atom is 0.412 e. The molecule has 0 spiro atoms. The number of hydrogen-bond donors (Lipinski definition) is 4. The third-order valence-corrected chi connectivity index (χ3v) is 10.9. The number of carbonyl (C=O) groups is 4. The molecule has 2 aliphatic carbocycles. The smallest absolute Gasteiger partial charge is 0.412 e. The zero-order valence-electron chi connectivity index (χ0n) is 23.0. The van der Waals surface area contributed by atoms with Crippen molar-refractivity contribution in [3.63, 3.8) is 0 Å². The number of thioether (sulfide) groups is 1. The Hall–Kier alpha value is -2.58. The van der Waals surface area contributed by atoms with E-state index < -0.39 is 73.5 Å². The predicted octanol–water partition coefficient (Wildman–Crippen LogP) is 0.922. The maximum atomic E-state index is 13.9. The van der Waals surface area contributed by atoms with Crippen LogP contribution in [0.5, 0.6) is 0 Å². The Morgan fingerprint density at radius 3 is 2.62 bits per heavy atom. The third-order valence-electron chi connectivity index (χ3n) is 7.66. The van der Waals surface area contributed by atoms with Crippen LogP contribution in [0.3, 0.4) is 0 Å². The van der Waals surface area contributed by atoms with Gasteiger partial charge in [-0.3, -0.25) is 19.1 Å². The van der Waals surface area contributed by atoms with Gasteiger partial charge >= 0.3 is 6.09 Å². The van der Waals surface area contributed by atoms with E-state index in [0.717, 1.165) is 6.42 Å². The molecule has 0 aromatic rings. The van der Waals surface area contributed by atoms with Crippen LogP contribution in [0.1, 0.15) is 59.3 Å². The van der Waals surface area contributed by atoms with Crippen molar-refractivity contribution in [2.45, 2.75) is 93.0 Å². The van der Waals surface area contributed by atoms with Crippen molar-refractivity contribution in [2.24, 2.45) is 5.92 Å². The first kappa shape index (κ1) is 30.4. The lowest BCUT2D eigenvalue weighted by molar-refractivity contribution is -0.141. The average molecular weight is 599 g/mol. The van der Waals surface area contributed by atoms with E-state index in [-0.39, 0.29) is 25.1 Å². The van der Waals surface area contributed by atoms with Crippen molar-refractivity contribution in [3.05, 3.63) is 24.5 Å². The minimum Gasteiger partial charge on any atom is -0.416 e. The second-order valence-corrected chi connectivity index (χ2v) is 15.2. The van der Waals surface area contributed by atoms with Gasteiger partial charge in [0, 0.05) is 23.6 Å². The van der Waals surface area contributed by atoms with Gasteiger partial charge in [-0.25, -0.2) is 13.2 Å². The number of carbonyl (C=O) groups excluding carboxylic acids is 4. The molecule has 2 heterocycles. The van der Waals surface area contributed by atoms with Crippen LogP contribution in [0, 0.1) is 5.92 Å². The summed E-state index contributed by atoms with van der Waals surface area (Å²) in [7, 11) is -3.85. The van der Waals surface area contributed by atoms with Gasteiger partial charge in [-0.05, 0) is 58.6 Å². The van der Waals surface area contributed by atoms with E-state index in [1.165, 1.54) is 23.6 Å². The number of nitrogens with zero attached hydrogens (tertiary/aromatic N) is 1. The molecule has 4 N–H and O–H groups in total. The zero-order valence-corrected chi connectivity index (χ0v) is 24.6. The Balaban J connectivity index is 1.63. The number of nitrogens with one attached hydrogen (secondary N) is 3. The van der Waals surface area contributed by atoms with Crippen LogP contribution in [0.15, 0.2) is 24.5 Å². The molecule has 0 bridgehead atoms. The fourth-order valence-corrected chi connectivity index (χ4v) is 7.68. The van der Waals surface area contributed by atoms with Crippen LogP contribution in [0.4, 0.5) is 4.79 Å². The molecule has 12 nitrogen and oxygen atoms in total. The molecule has 3 fully saturated rings. The van der Waals surface area contributed by atoms with Crippen molar-refractivity contribution in [2.75, 3.05) is 12.3 Å². The zero-order chi connectivity index (χ0) is 29.5. The first-order valence-corrected chi connectivity index (χ1v) is 16.0. The van der Waals surface area contributed by atoms with Gasteiger partial charge in [0.2, 0.25) is 21.8 Å². The fourth-order valence-electron chi connectivity index (χ4n) is 5.16. The Kier molecular flexibility index (Phi) is 8.63. The van der Waals surface area contributed by atoms with Crippen molar-refractivity contribution in [1.29, 1.82) is 0 Å². The second-order valence-electron chi connectivity index (χ2n) is 11.5. The van der Waals surface area contributed by atoms with Gasteiger partial charge in [-0.15, -0.1) is 0 Å². The monoisotopic (exact) mass is 598 g/mol. The Morgan fingerprint density at radius 1 is 1.27 bits per heavy atom. The van der Waals surface area contributed by atoms with Gasteiger partial charge in [-0.1, -0.05) is 18.7 Å². The Morgan fingerprint density at radius 2 is 1.98 bits per heavy atom. The number of allylic oxidation sites excluding steroid dienone is 2. The molecule has 2 saturated carbocycles. The molecular formula is C26H38N4O8S2. The van der Waals surface area contributed by atoms with Crippen LogP contribution >= 0.6 is 11.8 Å². The number of aliphatic hydroxyl groups excluding tert-OH is 1. The lowest BCUT2D eigenvalue weighted by Gasteiger charge is -2.37. The number of hydrogen-bond acceptors (Lipinski definition) is 9. The fraction of sp³-hybridized carbons (Fsp3) is 0.692. The summed E-state index contributed by atoms with van der Waals surface area (Å²) in [4.78, 5) is 54.6. The summed E-state index contributed by atoms with van der Waals surface area (Å²) >= 11 is 1.48. The molecule has 1 saturated heterocycles. The molecule has 222 valence electrons.